The van der Waals surface area contributed by atoms with E-state index in [9.17, 15) is 19.2 Å². The van der Waals surface area contributed by atoms with Crippen LogP contribution in [0.4, 0.5) is 4.79 Å². The zero-order valence-electron chi connectivity index (χ0n) is 26.7. The fourth-order valence-electron chi connectivity index (χ4n) is 5.19. The molecule has 45 heavy (non-hydrogen) atoms. The van der Waals surface area contributed by atoms with Gasteiger partial charge in [-0.2, -0.15) is 4.98 Å². The Hall–Kier alpha value is -4.44. The van der Waals surface area contributed by atoms with Crippen LogP contribution < -0.4 is 10.1 Å². The highest BCUT2D eigenvalue weighted by atomic mass is 16.6. The molecule has 2 fully saturated rings. The molecule has 1 atom stereocenters. The molecule has 3 amide bonds. The van der Waals surface area contributed by atoms with Crippen molar-refractivity contribution in [3.8, 4) is 17.3 Å². The van der Waals surface area contributed by atoms with Crippen LogP contribution in [0.25, 0.3) is 11.4 Å². The molecule has 1 aromatic carbocycles. The van der Waals surface area contributed by atoms with Crippen molar-refractivity contribution in [2.24, 2.45) is 0 Å². The summed E-state index contributed by atoms with van der Waals surface area (Å²) in [6, 6.07) is 9.55. The molecule has 2 aliphatic rings. The van der Waals surface area contributed by atoms with E-state index in [1.807, 2.05) is 30.3 Å². The molecule has 4 rings (SSSR count). The number of hydrogen-bond donors (Lipinski definition) is 1. The number of nitrogens with zero attached hydrogens (tertiary/aromatic N) is 4. The van der Waals surface area contributed by atoms with Gasteiger partial charge in [0.2, 0.25) is 11.8 Å². The normalized spacial score (nSPS) is 16.1. The van der Waals surface area contributed by atoms with Crippen molar-refractivity contribution in [1.29, 1.82) is 0 Å². The van der Waals surface area contributed by atoms with E-state index in [2.05, 4.69) is 15.3 Å². The molecule has 0 bridgehead atoms. The van der Waals surface area contributed by atoms with Crippen LogP contribution in [0.2, 0.25) is 0 Å². The number of amides is 3. The molecule has 1 N–H and O–H groups in total. The highest BCUT2D eigenvalue weighted by Crippen LogP contribution is 2.26. The SMILES string of the molecule is CC(C)OC(=O)N1CCN(C(=O)[C@H](CC(=C=O)OC(C)(C)C)NC(=O)c2cc(OC3CCCC3)nc(-c3ccccc3)n2)CC1. The van der Waals surface area contributed by atoms with Crippen molar-refractivity contribution in [1.82, 2.24) is 25.1 Å². The Kier molecular flexibility index (Phi) is 11.2. The predicted octanol–water partition coefficient (Wildman–Crippen LogP) is 4.17. The number of piperazine rings is 1. The largest absolute Gasteiger partial charge is 0.481 e. The molecular formula is C33H43N5O7. The van der Waals surface area contributed by atoms with Crippen LogP contribution >= 0.6 is 0 Å². The molecule has 1 aliphatic heterocycles. The molecule has 1 aromatic heterocycles. The zero-order chi connectivity index (χ0) is 32.6. The van der Waals surface area contributed by atoms with Crippen LogP contribution in [0, 0.1) is 0 Å². The summed E-state index contributed by atoms with van der Waals surface area (Å²) in [7, 11) is 0. The zero-order valence-corrected chi connectivity index (χ0v) is 26.7. The molecule has 1 saturated heterocycles. The minimum Gasteiger partial charge on any atom is -0.481 e. The lowest BCUT2D eigenvalue weighted by Crippen LogP contribution is -2.56. The van der Waals surface area contributed by atoms with Crippen LogP contribution in [-0.2, 0) is 19.1 Å². The van der Waals surface area contributed by atoms with E-state index in [-0.39, 0.29) is 62.1 Å². The lowest BCUT2D eigenvalue weighted by molar-refractivity contribution is -0.135. The maximum atomic E-state index is 13.8. The standard InChI is InChI=1S/C33H43N5O7/c1-22(2)43-32(42)38-17-15-37(16-18-38)31(41)27(19-25(21-39)45-33(3,4)5)35-30(40)26-20-28(44-24-13-9-10-14-24)36-29(34-26)23-11-7-6-8-12-23/h6-8,11-12,20,22,24,27H,9-10,13-19H2,1-5H3,(H,35,40)/t27-/m0/s1. The summed E-state index contributed by atoms with van der Waals surface area (Å²) in [5, 5.41) is 2.78. The summed E-state index contributed by atoms with van der Waals surface area (Å²) in [6.45, 7) is 9.84. The third-order valence-electron chi connectivity index (χ3n) is 7.28. The number of carbonyl (C=O) groups is 3. The van der Waals surface area contributed by atoms with Crippen molar-refractivity contribution in [2.75, 3.05) is 26.2 Å². The van der Waals surface area contributed by atoms with Crippen LogP contribution in [0.3, 0.4) is 0 Å². The van der Waals surface area contributed by atoms with Crippen molar-refractivity contribution < 1.29 is 33.4 Å². The number of rotatable bonds is 10. The molecule has 2 heterocycles. The van der Waals surface area contributed by atoms with E-state index in [4.69, 9.17) is 14.2 Å². The summed E-state index contributed by atoms with van der Waals surface area (Å²) in [4.78, 5) is 64.0. The third kappa shape index (κ3) is 9.78. The number of hydrogen-bond acceptors (Lipinski definition) is 9. The van der Waals surface area contributed by atoms with Crippen molar-refractivity contribution in [2.45, 2.75) is 90.6 Å². The summed E-state index contributed by atoms with van der Waals surface area (Å²) < 4.78 is 17.2. The molecule has 12 heteroatoms. The molecular weight excluding hydrogens is 578 g/mol. The van der Waals surface area contributed by atoms with Crippen molar-refractivity contribution in [3.05, 3.63) is 47.9 Å². The van der Waals surface area contributed by atoms with Gasteiger partial charge in [-0.1, -0.05) is 30.3 Å². The molecule has 1 saturated carbocycles. The van der Waals surface area contributed by atoms with Crippen LogP contribution in [0.1, 0.15) is 77.2 Å². The number of carbonyl (C=O) groups excluding carboxylic acids is 4. The molecule has 0 unspecified atom stereocenters. The molecule has 1 aliphatic carbocycles. The second-order valence-electron chi connectivity index (χ2n) is 12.5. The minimum atomic E-state index is -1.17. The Morgan fingerprint density at radius 1 is 1.00 bits per heavy atom. The topological polar surface area (TPSA) is 140 Å². The molecule has 242 valence electrons. The Balaban J connectivity index is 1.58. The maximum absolute atomic E-state index is 13.8. The highest BCUT2D eigenvalue weighted by Gasteiger charge is 2.33. The van der Waals surface area contributed by atoms with E-state index in [1.54, 1.807) is 45.5 Å². The van der Waals surface area contributed by atoms with Crippen LogP contribution in [-0.4, -0.2) is 93.6 Å². The molecule has 12 nitrogen and oxygen atoms in total. The second kappa shape index (κ2) is 15.0. The van der Waals surface area contributed by atoms with Crippen molar-refractivity contribution in [3.63, 3.8) is 0 Å². The van der Waals surface area contributed by atoms with Gasteiger partial charge in [0.05, 0.1) is 6.10 Å². The summed E-state index contributed by atoms with van der Waals surface area (Å²) >= 11 is 0. The van der Waals surface area contributed by atoms with Gasteiger partial charge in [-0.25, -0.2) is 14.6 Å². The minimum absolute atomic E-state index is 0.0000753. The first kappa shape index (κ1) is 33.5. The Labute approximate surface area is 264 Å². The lowest BCUT2D eigenvalue weighted by atomic mass is 10.1. The van der Waals surface area contributed by atoms with Gasteiger partial charge in [-0.3, -0.25) is 9.59 Å². The Morgan fingerprint density at radius 2 is 1.64 bits per heavy atom. The lowest BCUT2D eigenvalue weighted by Gasteiger charge is -2.36. The summed E-state index contributed by atoms with van der Waals surface area (Å²) in [6.07, 6.45) is 3.01. The first-order valence-electron chi connectivity index (χ1n) is 15.5. The number of benzene rings is 1. The van der Waals surface area contributed by atoms with E-state index in [0.29, 0.717) is 11.4 Å². The molecule has 2 aromatic rings. The number of ether oxygens (including phenoxy) is 3. The smallest absolute Gasteiger partial charge is 0.410 e. The van der Waals surface area contributed by atoms with Crippen LogP contribution in [0.5, 0.6) is 5.88 Å². The van der Waals surface area contributed by atoms with Gasteiger partial charge in [-0.05, 0) is 60.3 Å². The number of nitrogens with one attached hydrogen (secondary N) is 1. The Bertz CT molecular complexity index is 1390. The first-order chi connectivity index (χ1) is 21.4. The van der Waals surface area contributed by atoms with E-state index >= 15 is 0 Å². The molecule has 0 radical (unpaired) electrons. The third-order valence-corrected chi connectivity index (χ3v) is 7.28. The van der Waals surface area contributed by atoms with E-state index in [0.717, 1.165) is 25.7 Å². The van der Waals surface area contributed by atoms with Gasteiger partial charge < -0.3 is 29.3 Å². The highest BCUT2D eigenvalue weighted by molar-refractivity contribution is 5.97. The first-order valence-corrected chi connectivity index (χ1v) is 15.5. The van der Waals surface area contributed by atoms with Gasteiger partial charge in [0.1, 0.15) is 23.4 Å². The fourth-order valence-corrected chi connectivity index (χ4v) is 5.19. The van der Waals surface area contributed by atoms with Gasteiger partial charge in [0.15, 0.2) is 17.5 Å². The number of aromatic nitrogens is 2. The van der Waals surface area contributed by atoms with Gasteiger partial charge in [-0.15, -0.1) is 0 Å². The van der Waals surface area contributed by atoms with Gasteiger partial charge >= 0.3 is 6.09 Å². The van der Waals surface area contributed by atoms with Gasteiger partial charge in [0, 0.05) is 44.2 Å². The van der Waals surface area contributed by atoms with Gasteiger partial charge in [0.25, 0.3) is 5.91 Å². The average Bonchev–Trinajstić information content (AvgIpc) is 3.52. The average molecular weight is 622 g/mol. The monoisotopic (exact) mass is 621 g/mol. The molecule has 0 spiro atoms. The Morgan fingerprint density at radius 3 is 2.24 bits per heavy atom. The van der Waals surface area contributed by atoms with E-state index < -0.39 is 29.6 Å². The summed E-state index contributed by atoms with van der Waals surface area (Å²) in [5.41, 5.74) is -0.00449. The second-order valence-corrected chi connectivity index (χ2v) is 12.5. The van der Waals surface area contributed by atoms with Crippen LogP contribution in [0.15, 0.2) is 42.2 Å². The van der Waals surface area contributed by atoms with Crippen molar-refractivity contribution >= 4 is 23.8 Å². The summed E-state index contributed by atoms with van der Waals surface area (Å²) in [5.74, 6) is 1.22. The predicted molar refractivity (Wildman–Crippen MR) is 166 cm³/mol. The van der Waals surface area contributed by atoms with E-state index in [1.165, 1.54) is 11.0 Å². The quantitative estimate of drug-likeness (QED) is 0.306. The fraction of sp³-hybridized carbons (Fsp3) is 0.545. The maximum Gasteiger partial charge on any atom is 0.410 e.